The summed E-state index contributed by atoms with van der Waals surface area (Å²) in [6.07, 6.45) is 5.16. The molecule has 126 valence electrons. The molecule has 0 fully saturated rings. The summed E-state index contributed by atoms with van der Waals surface area (Å²) in [5.41, 5.74) is 1.42. The summed E-state index contributed by atoms with van der Waals surface area (Å²) < 4.78 is 17.8. The Labute approximate surface area is 144 Å². The van der Waals surface area contributed by atoms with Gasteiger partial charge in [0.1, 0.15) is 5.82 Å². The number of aliphatic hydroxyl groups is 1. The van der Waals surface area contributed by atoms with Gasteiger partial charge >= 0.3 is 0 Å². The van der Waals surface area contributed by atoms with Gasteiger partial charge < -0.3 is 5.11 Å². The summed E-state index contributed by atoms with van der Waals surface area (Å²) in [5, 5.41) is 10.2. The van der Waals surface area contributed by atoms with Crippen LogP contribution in [0.15, 0.2) is 34.8 Å². The Morgan fingerprint density at radius 2 is 2.12 bits per heavy atom. The van der Waals surface area contributed by atoms with Crippen molar-refractivity contribution in [3.63, 3.8) is 0 Å². The monoisotopic (exact) mass is 365 g/mol. The van der Waals surface area contributed by atoms with Crippen LogP contribution in [0.2, 0.25) is 5.28 Å². The first-order valence-corrected chi connectivity index (χ1v) is 9.86. The summed E-state index contributed by atoms with van der Waals surface area (Å²) in [7, 11) is -2.32. The minimum Gasteiger partial charge on any atom is -0.396 e. The van der Waals surface area contributed by atoms with E-state index < -0.39 is 9.73 Å². The van der Waals surface area contributed by atoms with Crippen molar-refractivity contribution >= 4 is 38.2 Å². The molecule has 0 bridgehead atoms. The summed E-state index contributed by atoms with van der Waals surface area (Å²) in [6, 6.07) is 7.15. The van der Waals surface area contributed by atoms with Crippen LogP contribution in [0.4, 0.5) is 5.82 Å². The van der Waals surface area contributed by atoms with Gasteiger partial charge in [0.15, 0.2) is 11.5 Å². The highest BCUT2D eigenvalue weighted by Crippen LogP contribution is 2.24. The second-order valence-corrected chi connectivity index (χ2v) is 8.37. The molecule has 3 aromatic rings. The van der Waals surface area contributed by atoms with Gasteiger partial charge in [-0.2, -0.15) is 9.35 Å². The molecular weight excluding hydrogens is 350 g/mol. The molecule has 7 nitrogen and oxygen atoms in total. The maximum Gasteiger partial charge on any atom is 0.224 e. The molecule has 3 rings (SSSR count). The minimum atomic E-state index is -2.32. The maximum atomic E-state index is 11.9. The van der Waals surface area contributed by atoms with Gasteiger partial charge in [-0.05, 0) is 29.8 Å². The van der Waals surface area contributed by atoms with Crippen LogP contribution in [0.5, 0.6) is 0 Å². The lowest BCUT2D eigenvalue weighted by Gasteiger charge is -2.09. The molecule has 0 saturated heterocycles. The lowest BCUT2D eigenvalue weighted by Crippen LogP contribution is -2.05. The van der Waals surface area contributed by atoms with Crippen LogP contribution in [-0.4, -0.2) is 48.0 Å². The molecule has 0 aromatic carbocycles. The van der Waals surface area contributed by atoms with Crippen molar-refractivity contribution in [2.24, 2.45) is 4.36 Å². The standard InChI is InChI=1S/C15H16ClN5O2S/c1-24(2,23)20-12-4-3-5-13(18-12)21-11(6-7-22)8-10-9-17-15(16)19-14(10)21/h3-5,8-9,22H,6-7H2,1-2H3. The number of fused-ring (bicyclic) bond motifs is 1. The molecule has 1 N–H and O–H groups in total. The first-order chi connectivity index (χ1) is 11.4. The van der Waals surface area contributed by atoms with Gasteiger partial charge in [-0.3, -0.25) is 4.57 Å². The highest BCUT2D eigenvalue weighted by Gasteiger charge is 2.14. The normalized spacial score (nSPS) is 11.8. The fourth-order valence-electron chi connectivity index (χ4n) is 2.39. The van der Waals surface area contributed by atoms with Crippen LogP contribution in [0.1, 0.15) is 5.69 Å². The van der Waals surface area contributed by atoms with E-state index in [1.54, 1.807) is 41.5 Å². The Kier molecular flexibility index (Phi) is 4.53. The molecule has 0 aliphatic carbocycles. The summed E-state index contributed by atoms with van der Waals surface area (Å²) >= 11 is 5.92. The Bertz CT molecular complexity index is 1020. The molecule has 0 aliphatic heterocycles. The molecule has 0 aliphatic rings. The maximum absolute atomic E-state index is 11.9. The number of rotatable bonds is 4. The molecule has 24 heavy (non-hydrogen) atoms. The number of aromatic nitrogens is 4. The molecule has 9 heteroatoms. The fraction of sp³-hybridized carbons (Fsp3) is 0.267. The van der Waals surface area contributed by atoms with E-state index in [-0.39, 0.29) is 11.9 Å². The minimum absolute atomic E-state index is 0.0146. The van der Waals surface area contributed by atoms with Gasteiger partial charge in [-0.25, -0.2) is 14.2 Å². The highest BCUT2D eigenvalue weighted by atomic mass is 35.5. The average Bonchev–Trinajstić information content (AvgIpc) is 2.83. The highest BCUT2D eigenvalue weighted by molar-refractivity contribution is 7.92. The lowest BCUT2D eigenvalue weighted by molar-refractivity contribution is 0.297. The van der Waals surface area contributed by atoms with E-state index in [0.29, 0.717) is 23.7 Å². The zero-order valence-corrected chi connectivity index (χ0v) is 14.8. The molecule has 0 radical (unpaired) electrons. The van der Waals surface area contributed by atoms with Crippen LogP contribution < -0.4 is 0 Å². The molecule has 0 unspecified atom stereocenters. The van der Waals surface area contributed by atoms with Crippen molar-refractivity contribution in [1.29, 1.82) is 0 Å². The summed E-state index contributed by atoms with van der Waals surface area (Å²) in [4.78, 5) is 12.7. The van der Waals surface area contributed by atoms with Crippen molar-refractivity contribution in [2.75, 3.05) is 19.1 Å². The van der Waals surface area contributed by atoms with E-state index in [0.717, 1.165) is 11.1 Å². The predicted molar refractivity (Wildman–Crippen MR) is 94.5 cm³/mol. The zero-order chi connectivity index (χ0) is 17.3. The second kappa shape index (κ2) is 6.46. The van der Waals surface area contributed by atoms with Crippen molar-refractivity contribution in [2.45, 2.75) is 6.42 Å². The third kappa shape index (κ3) is 3.55. The molecule has 0 atom stereocenters. The predicted octanol–water partition coefficient (Wildman–Crippen LogP) is 2.36. The molecule has 0 amide bonds. The van der Waals surface area contributed by atoms with E-state index in [9.17, 15) is 9.32 Å². The molecular formula is C15H16ClN5O2S. The van der Waals surface area contributed by atoms with E-state index in [1.165, 1.54) is 0 Å². The molecule has 3 heterocycles. The van der Waals surface area contributed by atoms with Crippen molar-refractivity contribution in [3.8, 4) is 5.82 Å². The van der Waals surface area contributed by atoms with Gasteiger partial charge in [0, 0.05) is 52.5 Å². The van der Waals surface area contributed by atoms with Crippen LogP contribution in [0, 0.1) is 0 Å². The second-order valence-electron chi connectivity index (χ2n) is 5.49. The summed E-state index contributed by atoms with van der Waals surface area (Å²) in [5.74, 6) is 0.938. The lowest BCUT2D eigenvalue weighted by atomic mass is 10.3. The Morgan fingerprint density at radius 3 is 2.83 bits per heavy atom. The van der Waals surface area contributed by atoms with Crippen LogP contribution >= 0.6 is 11.6 Å². The van der Waals surface area contributed by atoms with Gasteiger partial charge in [0.25, 0.3) is 0 Å². The first-order valence-electron chi connectivity index (χ1n) is 7.16. The number of aliphatic hydroxyl groups excluding tert-OH is 1. The topological polar surface area (TPSA) is 93.3 Å². The summed E-state index contributed by atoms with van der Waals surface area (Å²) in [6.45, 7) is -0.0146. The first kappa shape index (κ1) is 16.8. The number of nitrogens with zero attached hydrogens (tertiary/aromatic N) is 5. The van der Waals surface area contributed by atoms with Gasteiger partial charge in [0.05, 0.1) is 0 Å². The average molecular weight is 366 g/mol. The van der Waals surface area contributed by atoms with E-state index in [4.69, 9.17) is 11.6 Å². The molecule has 0 spiro atoms. The van der Waals surface area contributed by atoms with E-state index in [1.807, 2.05) is 6.07 Å². The number of halogens is 1. The Balaban J connectivity index is 2.25. The SMILES string of the molecule is CS(C)(=O)=Nc1cccc(-n2c(CCO)cc3cnc(Cl)nc32)n1. The van der Waals surface area contributed by atoms with Crippen LogP contribution in [0.3, 0.4) is 0 Å². The van der Waals surface area contributed by atoms with Gasteiger partial charge in [-0.1, -0.05) is 6.07 Å². The zero-order valence-electron chi connectivity index (χ0n) is 13.2. The quantitative estimate of drug-likeness (QED) is 0.716. The number of pyridine rings is 1. The Hall–Kier alpha value is -2.03. The van der Waals surface area contributed by atoms with E-state index >= 15 is 0 Å². The number of hydrogen-bond acceptors (Lipinski definition) is 6. The number of hydrogen-bond donors (Lipinski definition) is 1. The third-order valence-corrected chi connectivity index (χ3v) is 4.03. The van der Waals surface area contributed by atoms with Crippen molar-refractivity contribution < 1.29 is 9.32 Å². The van der Waals surface area contributed by atoms with Crippen LogP contribution in [-0.2, 0) is 16.1 Å². The smallest absolute Gasteiger partial charge is 0.224 e. The van der Waals surface area contributed by atoms with E-state index in [2.05, 4.69) is 19.3 Å². The van der Waals surface area contributed by atoms with Crippen molar-refractivity contribution in [1.82, 2.24) is 19.5 Å². The van der Waals surface area contributed by atoms with Gasteiger partial charge in [0.2, 0.25) is 5.28 Å². The third-order valence-electron chi connectivity index (χ3n) is 3.22. The molecule has 0 saturated carbocycles. The fourth-order valence-corrected chi connectivity index (χ4v) is 3.07. The van der Waals surface area contributed by atoms with Crippen LogP contribution in [0.25, 0.3) is 16.9 Å². The van der Waals surface area contributed by atoms with Gasteiger partial charge in [-0.15, -0.1) is 0 Å². The molecule has 3 aromatic heterocycles. The van der Waals surface area contributed by atoms with Crippen molar-refractivity contribution in [3.05, 3.63) is 41.4 Å². The Morgan fingerprint density at radius 1 is 1.33 bits per heavy atom. The largest absolute Gasteiger partial charge is 0.396 e.